The number of carbonyl (C=O) groups excluding carboxylic acids is 3. The number of hydrazine groups is 1. The minimum absolute atomic E-state index is 0.284. The molecule has 0 spiro atoms. The van der Waals surface area contributed by atoms with Crippen molar-refractivity contribution in [2.75, 3.05) is 12.4 Å². The zero-order chi connectivity index (χ0) is 20.3. The lowest BCUT2D eigenvalue weighted by Gasteiger charge is -2.11. The van der Waals surface area contributed by atoms with E-state index in [4.69, 9.17) is 4.74 Å². The molecule has 0 unspecified atom stereocenters. The van der Waals surface area contributed by atoms with Crippen LogP contribution in [-0.2, 0) is 27.2 Å². The summed E-state index contributed by atoms with van der Waals surface area (Å²) in [6, 6.07) is 5.46. The van der Waals surface area contributed by atoms with Gasteiger partial charge in [0, 0.05) is 4.88 Å². The molecular weight excluding hydrogens is 385 g/mol. The zero-order valence-electron chi connectivity index (χ0n) is 15.1. The van der Waals surface area contributed by atoms with Gasteiger partial charge >= 0.3 is 17.8 Å². The summed E-state index contributed by atoms with van der Waals surface area (Å²) in [5.74, 6) is -2.85. The molecule has 0 fully saturated rings. The molecule has 0 radical (unpaired) electrons. The summed E-state index contributed by atoms with van der Waals surface area (Å²) in [5, 5.41) is 2.77. The van der Waals surface area contributed by atoms with E-state index >= 15 is 0 Å². The Kier molecular flexibility index (Phi) is 5.74. The molecule has 146 valence electrons. The SMILES string of the molecule is C=C(NNC(=O)C(=O)Nc1sc2c(c1C(=O)OC)CCC2)c1ccc(F)cc1. The first-order valence-electron chi connectivity index (χ1n) is 8.45. The number of aryl methyl sites for hydroxylation is 1. The molecule has 28 heavy (non-hydrogen) atoms. The van der Waals surface area contributed by atoms with E-state index in [-0.39, 0.29) is 5.70 Å². The van der Waals surface area contributed by atoms with E-state index < -0.39 is 23.6 Å². The number of benzene rings is 1. The van der Waals surface area contributed by atoms with Gasteiger partial charge in [-0.2, -0.15) is 0 Å². The highest BCUT2D eigenvalue weighted by Crippen LogP contribution is 2.39. The average Bonchev–Trinajstić information content (AvgIpc) is 3.26. The molecule has 0 saturated heterocycles. The van der Waals surface area contributed by atoms with Crippen LogP contribution in [0.2, 0.25) is 0 Å². The number of anilines is 1. The second-order valence-corrected chi connectivity index (χ2v) is 7.18. The number of hydrogen-bond acceptors (Lipinski definition) is 6. The molecule has 0 saturated carbocycles. The highest BCUT2D eigenvalue weighted by molar-refractivity contribution is 7.17. The Morgan fingerprint density at radius 1 is 1.11 bits per heavy atom. The van der Waals surface area contributed by atoms with Crippen molar-refractivity contribution in [2.24, 2.45) is 0 Å². The van der Waals surface area contributed by atoms with E-state index in [2.05, 4.69) is 22.7 Å². The zero-order valence-corrected chi connectivity index (χ0v) is 15.9. The van der Waals surface area contributed by atoms with Gasteiger partial charge in [0.1, 0.15) is 10.8 Å². The van der Waals surface area contributed by atoms with E-state index in [0.717, 1.165) is 29.7 Å². The normalized spacial score (nSPS) is 12.1. The lowest BCUT2D eigenvalue weighted by molar-refractivity contribution is -0.136. The Balaban J connectivity index is 1.63. The smallest absolute Gasteiger partial charge is 0.341 e. The molecule has 3 rings (SSSR count). The number of ether oxygens (including phenoxy) is 1. The van der Waals surface area contributed by atoms with Crippen LogP contribution in [0, 0.1) is 5.82 Å². The van der Waals surface area contributed by atoms with Gasteiger partial charge in [-0.05, 0) is 54.7 Å². The second-order valence-electron chi connectivity index (χ2n) is 6.07. The molecule has 1 aliphatic rings. The monoisotopic (exact) mass is 403 g/mol. The first kappa shape index (κ1) is 19.6. The van der Waals surface area contributed by atoms with Crippen LogP contribution in [0.25, 0.3) is 5.70 Å². The number of fused-ring (bicyclic) bond motifs is 1. The fraction of sp³-hybridized carbons (Fsp3) is 0.211. The molecule has 7 nitrogen and oxygen atoms in total. The summed E-state index contributed by atoms with van der Waals surface area (Å²) in [6.45, 7) is 3.71. The second kappa shape index (κ2) is 8.22. The van der Waals surface area contributed by atoms with Crippen molar-refractivity contribution in [2.45, 2.75) is 19.3 Å². The van der Waals surface area contributed by atoms with Crippen LogP contribution in [-0.4, -0.2) is 24.9 Å². The summed E-state index contributed by atoms with van der Waals surface area (Å²) < 4.78 is 17.8. The first-order valence-corrected chi connectivity index (χ1v) is 9.27. The molecule has 2 amide bonds. The van der Waals surface area contributed by atoms with Gasteiger partial charge in [-0.15, -0.1) is 11.3 Å². The van der Waals surface area contributed by atoms with Crippen molar-refractivity contribution in [3.05, 3.63) is 58.2 Å². The maximum atomic E-state index is 12.9. The summed E-state index contributed by atoms with van der Waals surface area (Å²) in [6.07, 6.45) is 2.50. The van der Waals surface area contributed by atoms with Gasteiger partial charge in [0.05, 0.1) is 18.4 Å². The van der Waals surface area contributed by atoms with Gasteiger partial charge in [-0.3, -0.25) is 20.4 Å². The van der Waals surface area contributed by atoms with Gasteiger partial charge < -0.3 is 10.1 Å². The van der Waals surface area contributed by atoms with E-state index in [1.807, 2.05) is 0 Å². The van der Waals surface area contributed by atoms with E-state index in [1.54, 1.807) is 0 Å². The Labute approximate surface area is 164 Å². The van der Waals surface area contributed by atoms with Crippen molar-refractivity contribution >= 4 is 39.8 Å². The van der Waals surface area contributed by atoms with Crippen molar-refractivity contribution in [1.29, 1.82) is 0 Å². The summed E-state index contributed by atoms with van der Waals surface area (Å²) in [7, 11) is 1.27. The number of carbonyl (C=O) groups is 3. The van der Waals surface area contributed by atoms with Gasteiger partial charge in [0.25, 0.3) is 0 Å². The van der Waals surface area contributed by atoms with Gasteiger partial charge in [-0.1, -0.05) is 6.58 Å². The molecule has 2 aromatic rings. The maximum Gasteiger partial charge on any atom is 0.341 e. The molecular formula is C19H18FN3O4S. The molecule has 1 aliphatic carbocycles. The van der Waals surface area contributed by atoms with E-state index in [9.17, 15) is 18.8 Å². The average molecular weight is 403 g/mol. The van der Waals surface area contributed by atoms with Gasteiger partial charge in [0.15, 0.2) is 0 Å². The van der Waals surface area contributed by atoms with Crippen molar-refractivity contribution in [3.63, 3.8) is 0 Å². The Morgan fingerprint density at radius 3 is 2.50 bits per heavy atom. The molecule has 0 aliphatic heterocycles. The first-order chi connectivity index (χ1) is 13.4. The van der Waals surface area contributed by atoms with Crippen LogP contribution in [0.3, 0.4) is 0 Å². The predicted molar refractivity (Wildman–Crippen MR) is 103 cm³/mol. The van der Waals surface area contributed by atoms with Crippen molar-refractivity contribution in [1.82, 2.24) is 10.9 Å². The number of halogens is 1. The largest absolute Gasteiger partial charge is 0.465 e. The molecule has 1 aromatic carbocycles. The van der Waals surface area contributed by atoms with Gasteiger partial charge in [0.2, 0.25) is 0 Å². The number of amides is 2. The lowest BCUT2D eigenvalue weighted by atomic mass is 10.1. The van der Waals surface area contributed by atoms with Crippen LogP contribution in [0.4, 0.5) is 9.39 Å². The van der Waals surface area contributed by atoms with Crippen LogP contribution >= 0.6 is 11.3 Å². The number of rotatable bonds is 5. The molecule has 1 aromatic heterocycles. The molecule has 0 atom stereocenters. The molecule has 3 N–H and O–H groups in total. The molecule has 9 heteroatoms. The summed E-state index contributed by atoms with van der Waals surface area (Å²) in [5.41, 5.74) is 6.74. The van der Waals surface area contributed by atoms with Crippen LogP contribution < -0.4 is 16.2 Å². The number of methoxy groups -OCH3 is 1. The third kappa shape index (κ3) is 4.04. The topological polar surface area (TPSA) is 96.5 Å². The standard InChI is InChI=1S/C19H18FN3O4S/c1-10(11-6-8-12(20)9-7-11)22-23-17(25)16(24)21-18-15(19(26)27-2)13-4-3-5-14(13)28-18/h6-9,22H,1,3-5H2,2H3,(H,21,24)(H,23,25). The summed E-state index contributed by atoms with van der Waals surface area (Å²) in [4.78, 5) is 37.4. The van der Waals surface area contributed by atoms with E-state index in [1.165, 1.54) is 42.7 Å². The predicted octanol–water partition coefficient (Wildman–Crippen LogP) is 2.39. The highest BCUT2D eigenvalue weighted by atomic mass is 32.1. The minimum atomic E-state index is -0.965. The fourth-order valence-corrected chi connectivity index (χ4v) is 4.15. The number of thiophene rings is 1. The highest BCUT2D eigenvalue weighted by Gasteiger charge is 2.29. The van der Waals surface area contributed by atoms with Crippen LogP contribution in [0.1, 0.15) is 32.8 Å². The number of esters is 1. The number of nitrogens with one attached hydrogen (secondary N) is 3. The molecule has 0 bridgehead atoms. The Hall–Kier alpha value is -3.20. The third-order valence-corrected chi connectivity index (χ3v) is 5.47. The fourth-order valence-electron chi connectivity index (χ4n) is 2.88. The quantitative estimate of drug-likeness (QED) is 0.405. The van der Waals surface area contributed by atoms with Gasteiger partial charge in [-0.25, -0.2) is 9.18 Å². The van der Waals surface area contributed by atoms with Crippen molar-refractivity contribution in [3.8, 4) is 0 Å². The van der Waals surface area contributed by atoms with Crippen LogP contribution in [0.5, 0.6) is 0 Å². The van der Waals surface area contributed by atoms with Crippen molar-refractivity contribution < 1.29 is 23.5 Å². The maximum absolute atomic E-state index is 12.9. The summed E-state index contributed by atoms with van der Waals surface area (Å²) >= 11 is 1.27. The van der Waals surface area contributed by atoms with E-state index in [0.29, 0.717) is 16.1 Å². The Bertz CT molecular complexity index is 953. The van der Waals surface area contributed by atoms with Crippen LogP contribution in [0.15, 0.2) is 30.8 Å². The molecule has 1 heterocycles. The lowest BCUT2D eigenvalue weighted by Crippen LogP contribution is -2.42. The minimum Gasteiger partial charge on any atom is -0.465 e. The third-order valence-electron chi connectivity index (χ3n) is 4.26. The number of hydrogen-bond donors (Lipinski definition) is 3. The Morgan fingerprint density at radius 2 is 1.82 bits per heavy atom.